The minimum Gasteiger partial charge on any atom is -0.142 e. The summed E-state index contributed by atoms with van der Waals surface area (Å²) in [5.41, 5.74) is 10.1. The lowest BCUT2D eigenvalue weighted by Crippen LogP contribution is -1.94. The standard InChI is InChI=1S/C25H18S4/c26-21-9-5-15(12-23(21)28)18-7-8-19-17-4-2-1-3-14(17)11-20(19)25(18)16-6-10-22(27)24(29)13-16/h1-10,12-13,26-29H,11H2. The van der Waals surface area contributed by atoms with E-state index in [1.54, 1.807) is 0 Å². The van der Waals surface area contributed by atoms with Crippen molar-refractivity contribution < 1.29 is 0 Å². The van der Waals surface area contributed by atoms with Gasteiger partial charge in [0.15, 0.2) is 0 Å². The van der Waals surface area contributed by atoms with Crippen molar-refractivity contribution in [1.29, 1.82) is 0 Å². The summed E-state index contributed by atoms with van der Waals surface area (Å²) in [5.74, 6) is 0. The van der Waals surface area contributed by atoms with E-state index < -0.39 is 0 Å². The Morgan fingerprint density at radius 3 is 1.86 bits per heavy atom. The van der Waals surface area contributed by atoms with Gasteiger partial charge in [0.2, 0.25) is 0 Å². The Morgan fingerprint density at radius 1 is 0.517 bits per heavy atom. The van der Waals surface area contributed by atoms with Crippen LogP contribution >= 0.6 is 50.5 Å². The fraction of sp³-hybridized carbons (Fsp3) is 0.0400. The van der Waals surface area contributed by atoms with Crippen molar-refractivity contribution >= 4 is 50.5 Å². The normalized spacial score (nSPS) is 12.0. The second-order valence-corrected chi connectivity index (χ2v) is 9.18. The molecule has 0 saturated carbocycles. The van der Waals surface area contributed by atoms with Gasteiger partial charge in [0.25, 0.3) is 0 Å². The second-order valence-electron chi connectivity index (χ2n) is 7.26. The average Bonchev–Trinajstić information content (AvgIpc) is 3.10. The van der Waals surface area contributed by atoms with Crippen LogP contribution in [-0.4, -0.2) is 0 Å². The molecule has 1 aliphatic rings. The van der Waals surface area contributed by atoms with Crippen LogP contribution < -0.4 is 0 Å². The lowest BCUT2D eigenvalue weighted by Gasteiger charge is -2.17. The monoisotopic (exact) mass is 446 g/mol. The quantitative estimate of drug-likeness (QED) is 0.196. The molecule has 29 heavy (non-hydrogen) atoms. The number of benzene rings is 4. The Kier molecular flexibility index (Phi) is 4.99. The van der Waals surface area contributed by atoms with Crippen LogP contribution in [0.1, 0.15) is 11.1 Å². The molecular formula is C25H18S4. The number of thiol groups is 4. The van der Waals surface area contributed by atoms with Crippen molar-refractivity contribution in [2.75, 3.05) is 0 Å². The second kappa shape index (κ2) is 7.51. The first kappa shape index (κ1) is 19.3. The molecular weight excluding hydrogens is 429 g/mol. The highest BCUT2D eigenvalue weighted by Crippen LogP contribution is 2.46. The predicted octanol–water partition coefficient (Wildman–Crippen LogP) is 7.75. The van der Waals surface area contributed by atoms with Crippen LogP contribution in [0, 0.1) is 0 Å². The Morgan fingerprint density at radius 2 is 1.14 bits per heavy atom. The van der Waals surface area contributed by atoms with Crippen molar-refractivity contribution in [3.8, 4) is 33.4 Å². The van der Waals surface area contributed by atoms with Gasteiger partial charge in [-0.15, -0.1) is 50.5 Å². The molecule has 0 saturated heterocycles. The van der Waals surface area contributed by atoms with Gasteiger partial charge in [0.05, 0.1) is 0 Å². The van der Waals surface area contributed by atoms with Gasteiger partial charge in [-0.3, -0.25) is 0 Å². The van der Waals surface area contributed by atoms with Crippen LogP contribution in [0.2, 0.25) is 0 Å². The highest BCUT2D eigenvalue weighted by molar-refractivity contribution is 7.83. The first-order valence-electron chi connectivity index (χ1n) is 9.32. The van der Waals surface area contributed by atoms with Crippen molar-refractivity contribution in [2.45, 2.75) is 26.0 Å². The average molecular weight is 447 g/mol. The molecule has 4 heteroatoms. The highest BCUT2D eigenvalue weighted by atomic mass is 32.1. The number of hydrogen-bond acceptors (Lipinski definition) is 4. The van der Waals surface area contributed by atoms with Gasteiger partial charge in [-0.25, -0.2) is 0 Å². The molecule has 4 aromatic rings. The fourth-order valence-electron chi connectivity index (χ4n) is 4.15. The van der Waals surface area contributed by atoms with E-state index in [0.29, 0.717) is 0 Å². The van der Waals surface area contributed by atoms with Gasteiger partial charge in [-0.2, -0.15) is 0 Å². The zero-order valence-corrected chi connectivity index (χ0v) is 19.0. The summed E-state index contributed by atoms with van der Waals surface area (Å²) in [4.78, 5) is 3.52. The Balaban J connectivity index is 1.81. The van der Waals surface area contributed by atoms with Crippen LogP contribution in [0.4, 0.5) is 0 Å². The summed E-state index contributed by atoms with van der Waals surface area (Å²) in [6.45, 7) is 0. The molecule has 0 N–H and O–H groups in total. The zero-order valence-electron chi connectivity index (χ0n) is 15.4. The number of rotatable bonds is 2. The first-order chi connectivity index (χ1) is 14.0. The number of fused-ring (bicyclic) bond motifs is 3. The van der Waals surface area contributed by atoms with Gasteiger partial charge in [0.1, 0.15) is 0 Å². The maximum absolute atomic E-state index is 4.62. The fourth-order valence-corrected chi connectivity index (χ4v) is 4.86. The third-order valence-corrected chi connectivity index (χ3v) is 7.41. The lowest BCUT2D eigenvalue weighted by atomic mass is 9.88. The van der Waals surface area contributed by atoms with E-state index in [-0.39, 0.29) is 0 Å². The molecule has 0 aliphatic heterocycles. The molecule has 0 aromatic heterocycles. The Bertz CT molecular complexity index is 1270. The van der Waals surface area contributed by atoms with Crippen LogP contribution in [0.5, 0.6) is 0 Å². The molecule has 0 radical (unpaired) electrons. The van der Waals surface area contributed by atoms with Crippen molar-refractivity contribution in [3.05, 3.63) is 83.9 Å². The molecule has 0 fully saturated rings. The minimum atomic E-state index is 0.876. The van der Waals surface area contributed by atoms with Crippen molar-refractivity contribution in [1.82, 2.24) is 0 Å². The highest BCUT2D eigenvalue weighted by Gasteiger charge is 2.24. The van der Waals surface area contributed by atoms with Gasteiger partial charge >= 0.3 is 0 Å². The van der Waals surface area contributed by atoms with E-state index in [9.17, 15) is 0 Å². The Hall–Kier alpha value is -1.72. The van der Waals surface area contributed by atoms with E-state index >= 15 is 0 Å². The van der Waals surface area contributed by atoms with Gasteiger partial charge < -0.3 is 0 Å². The van der Waals surface area contributed by atoms with E-state index in [1.807, 2.05) is 12.1 Å². The summed E-state index contributed by atoms with van der Waals surface area (Å²) in [5, 5.41) is 0. The van der Waals surface area contributed by atoms with Gasteiger partial charge in [-0.05, 0) is 75.2 Å². The molecule has 0 bridgehead atoms. The molecule has 4 aromatic carbocycles. The topological polar surface area (TPSA) is 0 Å². The predicted molar refractivity (Wildman–Crippen MR) is 135 cm³/mol. The molecule has 0 nitrogen and oxygen atoms in total. The summed E-state index contributed by atoms with van der Waals surface area (Å²) < 4.78 is 0. The molecule has 0 spiro atoms. The summed E-state index contributed by atoms with van der Waals surface area (Å²) in [6, 6.07) is 25.6. The maximum Gasteiger partial charge on any atom is 0.0180 e. The molecule has 0 unspecified atom stereocenters. The third kappa shape index (κ3) is 3.32. The molecule has 142 valence electrons. The zero-order chi connectivity index (χ0) is 20.1. The van der Waals surface area contributed by atoms with E-state index in [1.165, 1.54) is 33.4 Å². The van der Waals surface area contributed by atoms with Crippen LogP contribution in [0.3, 0.4) is 0 Å². The molecule has 0 heterocycles. The van der Waals surface area contributed by atoms with E-state index in [0.717, 1.165) is 37.1 Å². The smallest absolute Gasteiger partial charge is 0.0180 e. The van der Waals surface area contributed by atoms with E-state index in [4.69, 9.17) is 0 Å². The molecule has 5 rings (SSSR count). The van der Waals surface area contributed by atoms with Crippen molar-refractivity contribution in [3.63, 3.8) is 0 Å². The Labute approximate surface area is 193 Å². The van der Waals surface area contributed by atoms with Crippen LogP contribution in [0.15, 0.2) is 92.4 Å². The summed E-state index contributed by atoms with van der Waals surface area (Å²) in [7, 11) is 0. The molecule has 0 atom stereocenters. The number of hydrogen-bond donors (Lipinski definition) is 4. The van der Waals surface area contributed by atoms with Crippen molar-refractivity contribution in [2.24, 2.45) is 0 Å². The van der Waals surface area contributed by atoms with Crippen LogP contribution in [0.25, 0.3) is 33.4 Å². The SMILES string of the molecule is Sc1ccc(-c2ccc3c(c2-c2ccc(S)c(S)c2)Cc2ccccc2-3)cc1S. The molecule has 1 aliphatic carbocycles. The van der Waals surface area contributed by atoms with Gasteiger partial charge in [0, 0.05) is 19.6 Å². The minimum absolute atomic E-state index is 0.876. The maximum atomic E-state index is 4.62. The van der Waals surface area contributed by atoms with Crippen LogP contribution in [-0.2, 0) is 6.42 Å². The largest absolute Gasteiger partial charge is 0.142 e. The van der Waals surface area contributed by atoms with Gasteiger partial charge in [-0.1, -0.05) is 48.5 Å². The summed E-state index contributed by atoms with van der Waals surface area (Å²) in [6.07, 6.45) is 0.928. The first-order valence-corrected chi connectivity index (χ1v) is 11.1. The molecule has 0 amide bonds. The van der Waals surface area contributed by atoms with E-state index in [2.05, 4.69) is 111 Å². The lowest BCUT2D eigenvalue weighted by molar-refractivity contribution is 1.24. The summed E-state index contributed by atoms with van der Waals surface area (Å²) >= 11 is 18.2. The third-order valence-electron chi connectivity index (χ3n) is 5.54.